The molecule has 4 heterocycles. The van der Waals surface area contributed by atoms with Gasteiger partial charge in [0.1, 0.15) is 0 Å². The van der Waals surface area contributed by atoms with Gasteiger partial charge in [-0.05, 0) is 18.2 Å². The Balaban J connectivity index is 1.43. The molecule has 0 radical (unpaired) electrons. The van der Waals surface area contributed by atoms with E-state index in [1.807, 2.05) is 16.3 Å². The molecule has 1 aliphatic rings. The quantitative estimate of drug-likeness (QED) is 0.736. The summed E-state index contributed by atoms with van der Waals surface area (Å²) >= 11 is 1.52. The minimum Gasteiger partial charge on any atom is -0.332 e. The van der Waals surface area contributed by atoms with Crippen LogP contribution in [-0.4, -0.2) is 37.3 Å². The standard InChI is InChI=1S/C16H13N5OS/c22-16-12-3-1-5-17-13(12)9-21(16)8-4-11-10-23-15(20-11)14-18-6-2-7-19-14/h1-3,5-7,10H,4,8-9H2. The van der Waals surface area contributed by atoms with Gasteiger partial charge in [0.15, 0.2) is 10.8 Å². The summed E-state index contributed by atoms with van der Waals surface area (Å²) < 4.78 is 0. The Morgan fingerprint density at radius 2 is 1.96 bits per heavy atom. The van der Waals surface area contributed by atoms with Crippen molar-refractivity contribution in [1.29, 1.82) is 0 Å². The van der Waals surface area contributed by atoms with Gasteiger partial charge in [-0.2, -0.15) is 0 Å². The van der Waals surface area contributed by atoms with Crippen LogP contribution in [-0.2, 0) is 13.0 Å². The lowest BCUT2D eigenvalue weighted by Gasteiger charge is -2.13. The number of nitrogens with zero attached hydrogens (tertiary/aromatic N) is 5. The van der Waals surface area contributed by atoms with Crippen molar-refractivity contribution < 1.29 is 4.79 Å². The van der Waals surface area contributed by atoms with E-state index in [4.69, 9.17) is 0 Å². The number of hydrogen-bond donors (Lipinski definition) is 0. The van der Waals surface area contributed by atoms with E-state index in [0.717, 1.165) is 16.4 Å². The van der Waals surface area contributed by atoms with Crippen molar-refractivity contribution >= 4 is 17.2 Å². The second-order valence-electron chi connectivity index (χ2n) is 5.19. The number of thiazole rings is 1. The third kappa shape index (κ3) is 2.70. The van der Waals surface area contributed by atoms with Crippen LogP contribution in [0.4, 0.5) is 0 Å². The predicted molar refractivity (Wildman–Crippen MR) is 85.8 cm³/mol. The summed E-state index contributed by atoms with van der Waals surface area (Å²) in [5.41, 5.74) is 2.52. The van der Waals surface area contributed by atoms with Crippen LogP contribution in [0.15, 0.2) is 42.2 Å². The highest BCUT2D eigenvalue weighted by molar-refractivity contribution is 7.13. The molecule has 0 saturated heterocycles. The summed E-state index contributed by atoms with van der Waals surface area (Å²) in [7, 11) is 0. The van der Waals surface area contributed by atoms with Gasteiger partial charge in [-0.15, -0.1) is 11.3 Å². The number of amides is 1. The van der Waals surface area contributed by atoms with E-state index >= 15 is 0 Å². The molecular formula is C16H13N5OS. The Labute approximate surface area is 136 Å². The molecule has 114 valence electrons. The molecule has 0 fully saturated rings. The normalized spacial score (nSPS) is 13.4. The number of aromatic nitrogens is 4. The molecule has 0 atom stereocenters. The highest BCUT2D eigenvalue weighted by Gasteiger charge is 2.27. The van der Waals surface area contributed by atoms with Crippen molar-refractivity contribution in [2.75, 3.05) is 6.54 Å². The first-order valence-corrected chi connectivity index (χ1v) is 8.14. The molecule has 3 aromatic heterocycles. The summed E-state index contributed by atoms with van der Waals surface area (Å²) in [4.78, 5) is 31.3. The second kappa shape index (κ2) is 5.85. The van der Waals surface area contributed by atoms with Crippen molar-refractivity contribution in [2.45, 2.75) is 13.0 Å². The first-order chi connectivity index (χ1) is 11.3. The van der Waals surface area contributed by atoms with Gasteiger partial charge in [0.05, 0.1) is 23.5 Å². The lowest BCUT2D eigenvalue weighted by molar-refractivity contribution is 0.0779. The SMILES string of the molecule is O=C1c2cccnc2CN1CCc1csc(-c2ncccn2)n1. The Kier molecular flexibility index (Phi) is 3.55. The molecule has 0 saturated carbocycles. The molecule has 0 unspecified atom stereocenters. The summed E-state index contributed by atoms with van der Waals surface area (Å²) in [5.74, 6) is 0.688. The molecule has 23 heavy (non-hydrogen) atoms. The van der Waals surface area contributed by atoms with Crippen LogP contribution < -0.4 is 0 Å². The van der Waals surface area contributed by atoms with E-state index in [1.54, 1.807) is 30.7 Å². The largest absolute Gasteiger partial charge is 0.332 e. The molecule has 0 bridgehead atoms. The number of rotatable bonds is 4. The third-order valence-corrected chi connectivity index (χ3v) is 4.58. The molecule has 0 spiro atoms. The maximum atomic E-state index is 12.3. The van der Waals surface area contributed by atoms with Crippen LogP contribution in [0.5, 0.6) is 0 Å². The Morgan fingerprint density at radius 1 is 1.13 bits per heavy atom. The van der Waals surface area contributed by atoms with E-state index < -0.39 is 0 Å². The molecule has 1 aliphatic heterocycles. The van der Waals surface area contributed by atoms with Gasteiger partial charge < -0.3 is 4.90 Å². The molecule has 1 amide bonds. The highest BCUT2D eigenvalue weighted by Crippen LogP contribution is 2.22. The molecule has 4 rings (SSSR count). The Hall–Kier alpha value is -2.67. The van der Waals surface area contributed by atoms with Crippen molar-refractivity contribution in [2.24, 2.45) is 0 Å². The zero-order valence-corrected chi connectivity index (χ0v) is 13.0. The van der Waals surface area contributed by atoms with Gasteiger partial charge in [-0.1, -0.05) is 0 Å². The number of fused-ring (bicyclic) bond motifs is 1. The van der Waals surface area contributed by atoms with E-state index in [1.165, 1.54) is 11.3 Å². The number of hydrogen-bond acceptors (Lipinski definition) is 6. The van der Waals surface area contributed by atoms with Gasteiger partial charge in [-0.25, -0.2) is 15.0 Å². The highest BCUT2D eigenvalue weighted by atomic mass is 32.1. The zero-order chi connectivity index (χ0) is 15.6. The van der Waals surface area contributed by atoms with E-state index in [0.29, 0.717) is 30.9 Å². The van der Waals surface area contributed by atoms with Crippen LogP contribution in [0.3, 0.4) is 0 Å². The number of pyridine rings is 1. The fourth-order valence-electron chi connectivity index (χ4n) is 2.55. The molecule has 7 heteroatoms. The van der Waals surface area contributed by atoms with Crippen molar-refractivity contribution in [3.63, 3.8) is 0 Å². The molecule has 3 aromatic rings. The average molecular weight is 323 g/mol. The van der Waals surface area contributed by atoms with Crippen LogP contribution in [0.2, 0.25) is 0 Å². The predicted octanol–water partition coefficient (Wildman–Crippen LogP) is 2.19. The Bertz CT molecular complexity index is 848. The minimum atomic E-state index is 0.0509. The van der Waals surface area contributed by atoms with Crippen LogP contribution in [0.1, 0.15) is 21.7 Å². The first kappa shape index (κ1) is 14.0. The molecule has 0 aliphatic carbocycles. The number of carbonyl (C=O) groups excluding carboxylic acids is 1. The van der Waals surface area contributed by atoms with Crippen LogP contribution in [0.25, 0.3) is 10.8 Å². The fraction of sp³-hybridized carbons (Fsp3) is 0.188. The summed E-state index contributed by atoms with van der Waals surface area (Å²) in [5, 5.41) is 2.80. The van der Waals surface area contributed by atoms with E-state index in [-0.39, 0.29) is 5.91 Å². The zero-order valence-electron chi connectivity index (χ0n) is 12.2. The summed E-state index contributed by atoms with van der Waals surface area (Å²) in [6.07, 6.45) is 5.85. The summed E-state index contributed by atoms with van der Waals surface area (Å²) in [6.45, 7) is 1.21. The number of carbonyl (C=O) groups is 1. The topological polar surface area (TPSA) is 71.9 Å². The third-order valence-electron chi connectivity index (χ3n) is 3.70. The average Bonchev–Trinajstić information content (AvgIpc) is 3.19. The second-order valence-corrected chi connectivity index (χ2v) is 6.05. The smallest absolute Gasteiger partial charge is 0.256 e. The molecular weight excluding hydrogens is 310 g/mol. The van der Waals surface area contributed by atoms with Gasteiger partial charge in [-0.3, -0.25) is 9.78 Å². The lowest BCUT2D eigenvalue weighted by atomic mass is 10.2. The van der Waals surface area contributed by atoms with Gasteiger partial charge in [0, 0.05) is 36.9 Å². The maximum Gasteiger partial charge on any atom is 0.256 e. The Morgan fingerprint density at radius 3 is 2.78 bits per heavy atom. The van der Waals surface area contributed by atoms with Crippen LogP contribution >= 0.6 is 11.3 Å². The fourth-order valence-corrected chi connectivity index (χ4v) is 3.34. The van der Waals surface area contributed by atoms with Crippen molar-refractivity contribution in [3.8, 4) is 10.8 Å². The first-order valence-electron chi connectivity index (χ1n) is 7.26. The molecule has 0 aromatic carbocycles. The van der Waals surface area contributed by atoms with Gasteiger partial charge >= 0.3 is 0 Å². The minimum absolute atomic E-state index is 0.0509. The lowest BCUT2D eigenvalue weighted by Crippen LogP contribution is -2.26. The molecule has 6 nitrogen and oxygen atoms in total. The molecule has 0 N–H and O–H groups in total. The van der Waals surface area contributed by atoms with Crippen LogP contribution in [0, 0.1) is 0 Å². The van der Waals surface area contributed by atoms with E-state index in [2.05, 4.69) is 19.9 Å². The van der Waals surface area contributed by atoms with Gasteiger partial charge in [0.2, 0.25) is 0 Å². The van der Waals surface area contributed by atoms with Gasteiger partial charge in [0.25, 0.3) is 5.91 Å². The monoisotopic (exact) mass is 323 g/mol. The van der Waals surface area contributed by atoms with Crippen molar-refractivity contribution in [3.05, 3.63) is 59.1 Å². The van der Waals surface area contributed by atoms with E-state index in [9.17, 15) is 4.79 Å². The summed E-state index contributed by atoms with van der Waals surface area (Å²) in [6, 6.07) is 5.41. The van der Waals surface area contributed by atoms with Crippen molar-refractivity contribution in [1.82, 2.24) is 24.8 Å². The maximum absolute atomic E-state index is 12.3.